The first-order chi connectivity index (χ1) is 9.81. The van der Waals surface area contributed by atoms with Gasteiger partial charge in [0, 0.05) is 26.8 Å². The Bertz CT molecular complexity index is 643. The number of aryl methyl sites for hydroxylation is 1. The molecule has 1 amide bonds. The molecule has 2 rings (SSSR count). The molecule has 118 valence electrons. The minimum Gasteiger partial charge on any atom is -0.395 e. The monoisotopic (exact) mass is 319 g/mol. The average molecular weight is 319 g/mol. The van der Waals surface area contributed by atoms with E-state index in [2.05, 4.69) is 5.32 Å². The molecular weight excluding hydrogens is 301 g/mol. The van der Waals surface area contributed by atoms with E-state index in [4.69, 9.17) is 0 Å². The fourth-order valence-electron chi connectivity index (χ4n) is 2.46. The van der Waals surface area contributed by atoms with Gasteiger partial charge in [-0.3, -0.25) is 4.79 Å². The SMILES string of the molecule is CNC(=O)c1cc(S(=O)(=O)N2C[C@@H](F)C[C@H]2CO)cn1C. The van der Waals surface area contributed by atoms with E-state index in [1.807, 2.05) is 0 Å². The molecule has 0 saturated carbocycles. The number of hydrogen-bond donors (Lipinski definition) is 2. The number of carbonyl (C=O) groups excluding carboxylic acids is 1. The minimum atomic E-state index is -3.94. The summed E-state index contributed by atoms with van der Waals surface area (Å²) in [5.41, 5.74) is 0.188. The first-order valence-corrected chi connectivity index (χ1v) is 7.90. The van der Waals surface area contributed by atoms with Gasteiger partial charge in [0.15, 0.2) is 0 Å². The largest absolute Gasteiger partial charge is 0.395 e. The van der Waals surface area contributed by atoms with E-state index in [9.17, 15) is 22.7 Å². The number of carbonyl (C=O) groups is 1. The van der Waals surface area contributed by atoms with Crippen LogP contribution in [0.5, 0.6) is 0 Å². The normalized spacial score (nSPS) is 23.4. The number of aromatic nitrogens is 1. The minimum absolute atomic E-state index is 0.0229. The van der Waals surface area contributed by atoms with Crippen molar-refractivity contribution in [2.45, 2.75) is 23.5 Å². The van der Waals surface area contributed by atoms with Gasteiger partial charge in [-0.05, 0) is 12.5 Å². The number of alkyl halides is 1. The summed E-state index contributed by atoms with van der Waals surface area (Å²) in [4.78, 5) is 11.5. The molecule has 9 heteroatoms. The topological polar surface area (TPSA) is 91.6 Å². The molecule has 0 unspecified atom stereocenters. The van der Waals surface area contributed by atoms with Crippen LogP contribution >= 0.6 is 0 Å². The zero-order valence-corrected chi connectivity index (χ0v) is 12.6. The summed E-state index contributed by atoms with van der Waals surface area (Å²) in [5.74, 6) is -0.414. The Morgan fingerprint density at radius 1 is 1.57 bits per heavy atom. The first-order valence-electron chi connectivity index (χ1n) is 6.46. The molecular formula is C12H18FN3O4S. The zero-order valence-electron chi connectivity index (χ0n) is 11.8. The zero-order chi connectivity index (χ0) is 15.8. The van der Waals surface area contributed by atoms with E-state index < -0.39 is 34.8 Å². The third kappa shape index (κ3) is 2.81. The van der Waals surface area contributed by atoms with E-state index in [1.54, 1.807) is 7.05 Å². The van der Waals surface area contributed by atoms with Crippen LogP contribution in [0.2, 0.25) is 0 Å². The molecule has 1 aliphatic rings. The van der Waals surface area contributed by atoms with Gasteiger partial charge in [0.25, 0.3) is 5.91 Å². The lowest BCUT2D eigenvalue weighted by atomic mass is 10.2. The molecule has 1 saturated heterocycles. The Hall–Kier alpha value is -1.45. The summed E-state index contributed by atoms with van der Waals surface area (Å²) in [6.45, 7) is -0.716. The van der Waals surface area contributed by atoms with Gasteiger partial charge in [-0.25, -0.2) is 12.8 Å². The van der Waals surface area contributed by atoms with Gasteiger partial charge in [0.2, 0.25) is 10.0 Å². The van der Waals surface area contributed by atoms with Crippen molar-refractivity contribution in [2.24, 2.45) is 7.05 Å². The maximum Gasteiger partial charge on any atom is 0.267 e. The Kier molecular flexibility index (Phi) is 4.35. The lowest BCUT2D eigenvalue weighted by molar-refractivity contribution is 0.0955. The molecule has 1 aromatic rings. The average Bonchev–Trinajstić information content (AvgIpc) is 3.01. The number of amides is 1. The Labute approximate surface area is 122 Å². The van der Waals surface area contributed by atoms with Crippen molar-refractivity contribution in [3.8, 4) is 0 Å². The van der Waals surface area contributed by atoms with E-state index in [-0.39, 0.29) is 23.6 Å². The van der Waals surface area contributed by atoms with Crippen LogP contribution in [0.4, 0.5) is 4.39 Å². The van der Waals surface area contributed by atoms with Crippen LogP contribution in [0.15, 0.2) is 17.2 Å². The number of nitrogens with zero attached hydrogens (tertiary/aromatic N) is 2. The number of hydrogen-bond acceptors (Lipinski definition) is 4. The summed E-state index contributed by atoms with van der Waals surface area (Å²) in [6, 6.07) is 0.474. The van der Waals surface area contributed by atoms with E-state index in [1.165, 1.54) is 23.9 Å². The number of rotatable bonds is 4. The lowest BCUT2D eigenvalue weighted by Gasteiger charge is -2.21. The second-order valence-corrected chi connectivity index (χ2v) is 6.89. The highest BCUT2D eigenvalue weighted by Gasteiger charge is 2.40. The highest BCUT2D eigenvalue weighted by molar-refractivity contribution is 7.89. The third-order valence-electron chi connectivity index (χ3n) is 3.57. The van der Waals surface area contributed by atoms with Gasteiger partial charge in [-0.1, -0.05) is 0 Å². The van der Waals surface area contributed by atoms with E-state index in [0.29, 0.717) is 0 Å². The van der Waals surface area contributed by atoms with Crippen molar-refractivity contribution in [1.82, 2.24) is 14.2 Å². The first kappa shape index (κ1) is 15.9. The maximum absolute atomic E-state index is 13.4. The molecule has 7 nitrogen and oxygen atoms in total. The number of halogens is 1. The standard InChI is InChI=1S/C12H18FN3O4S/c1-14-12(18)11-4-10(6-15(11)2)21(19,20)16-5-8(13)3-9(16)7-17/h4,6,8-9,17H,3,5,7H2,1-2H3,(H,14,18)/t8-,9-/m0/s1. The second kappa shape index (κ2) is 5.74. The molecule has 0 spiro atoms. The van der Waals surface area contributed by atoms with Crippen molar-refractivity contribution in [3.05, 3.63) is 18.0 Å². The predicted molar refractivity (Wildman–Crippen MR) is 73.1 cm³/mol. The van der Waals surface area contributed by atoms with Crippen LogP contribution in [-0.4, -0.2) is 60.7 Å². The van der Waals surface area contributed by atoms with Crippen molar-refractivity contribution in [2.75, 3.05) is 20.2 Å². The highest BCUT2D eigenvalue weighted by Crippen LogP contribution is 2.28. The Balaban J connectivity index is 2.38. The molecule has 1 fully saturated rings. The van der Waals surface area contributed by atoms with Crippen molar-refractivity contribution >= 4 is 15.9 Å². The number of sulfonamides is 1. The molecule has 2 heterocycles. The predicted octanol–water partition coefficient (Wildman–Crippen LogP) is -0.522. The van der Waals surface area contributed by atoms with Crippen molar-refractivity contribution in [3.63, 3.8) is 0 Å². The smallest absolute Gasteiger partial charge is 0.267 e. The number of nitrogens with one attached hydrogen (secondary N) is 1. The molecule has 1 aliphatic heterocycles. The Morgan fingerprint density at radius 3 is 2.81 bits per heavy atom. The molecule has 2 N–H and O–H groups in total. The summed E-state index contributed by atoms with van der Waals surface area (Å²) < 4.78 is 40.8. The fourth-order valence-corrected chi connectivity index (χ4v) is 4.18. The summed E-state index contributed by atoms with van der Waals surface area (Å²) in [6.07, 6.45) is -0.0100. The van der Waals surface area contributed by atoms with Crippen LogP contribution < -0.4 is 5.32 Å². The molecule has 0 aliphatic carbocycles. The van der Waals surface area contributed by atoms with Gasteiger partial charge in [0.05, 0.1) is 12.6 Å². The molecule has 2 atom stereocenters. The van der Waals surface area contributed by atoms with Gasteiger partial charge < -0.3 is 15.0 Å². The van der Waals surface area contributed by atoms with E-state index >= 15 is 0 Å². The lowest BCUT2D eigenvalue weighted by Crippen LogP contribution is -2.37. The summed E-state index contributed by atoms with van der Waals surface area (Å²) in [5, 5.41) is 11.6. The molecule has 1 aromatic heterocycles. The van der Waals surface area contributed by atoms with Gasteiger partial charge >= 0.3 is 0 Å². The van der Waals surface area contributed by atoms with Crippen molar-refractivity contribution < 1.29 is 22.7 Å². The van der Waals surface area contributed by atoms with Crippen LogP contribution in [0.25, 0.3) is 0 Å². The van der Waals surface area contributed by atoms with Gasteiger partial charge in [0.1, 0.15) is 16.8 Å². The number of aliphatic hydroxyl groups is 1. The third-order valence-corrected chi connectivity index (χ3v) is 5.45. The number of aliphatic hydroxyl groups excluding tert-OH is 1. The van der Waals surface area contributed by atoms with Crippen LogP contribution in [0, 0.1) is 0 Å². The van der Waals surface area contributed by atoms with Crippen LogP contribution in [0.3, 0.4) is 0 Å². The molecule has 21 heavy (non-hydrogen) atoms. The quantitative estimate of drug-likeness (QED) is 0.781. The maximum atomic E-state index is 13.4. The van der Waals surface area contributed by atoms with Crippen LogP contribution in [0.1, 0.15) is 16.9 Å². The van der Waals surface area contributed by atoms with Crippen molar-refractivity contribution in [1.29, 1.82) is 0 Å². The van der Waals surface area contributed by atoms with Crippen LogP contribution in [-0.2, 0) is 17.1 Å². The van der Waals surface area contributed by atoms with Gasteiger partial charge in [-0.15, -0.1) is 0 Å². The molecule has 0 bridgehead atoms. The van der Waals surface area contributed by atoms with Gasteiger partial charge in [-0.2, -0.15) is 4.31 Å². The molecule has 0 aromatic carbocycles. The second-order valence-electron chi connectivity index (χ2n) is 5.00. The Morgan fingerprint density at radius 2 is 2.24 bits per heavy atom. The summed E-state index contributed by atoms with van der Waals surface area (Å²) >= 11 is 0. The molecule has 0 radical (unpaired) electrons. The highest BCUT2D eigenvalue weighted by atomic mass is 32.2. The van der Waals surface area contributed by atoms with E-state index in [0.717, 1.165) is 4.31 Å². The summed E-state index contributed by atoms with van der Waals surface area (Å²) in [7, 11) is -0.949. The fraction of sp³-hybridized carbons (Fsp3) is 0.583.